The van der Waals surface area contributed by atoms with Gasteiger partial charge in [0.05, 0.1) is 12.1 Å². The normalized spacial score (nSPS) is 22.2. The zero-order chi connectivity index (χ0) is 9.14. The van der Waals surface area contributed by atoms with E-state index in [1.165, 1.54) is 5.41 Å². The van der Waals surface area contributed by atoms with Gasteiger partial charge in [-0.15, -0.1) is 4.53 Å². The second-order valence-corrected chi connectivity index (χ2v) is 3.47. The van der Waals surface area contributed by atoms with Gasteiger partial charge in [0.15, 0.2) is 5.17 Å². The molecule has 66 valence electrons. The van der Waals surface area contributed by atoms with E-state index in [0.29, 0.717) is 5.70 Å². The van der Waals surface area contributed by atoms with Gasteiger partial charge in [-0.25, -0.2) is 4.99 Å². The summed E-state index contributed by atoms with van der Waals surface area (Å²) in [5.74, 6) is -0.985. The summed E-state index contributed by atoms with van der Waals surface area (Å²) < 4.78 is 2.93. The molecule has 1 heterocycles. The lowest BCUT2D eigenvalue weighted by molar-refractivity contribution is -0.136. The van der Waals surface area contributed by atoms with Crippen molar-refractivity contribution >= 4 is 21.8 Å². The first-order valence-electron chi connectivity index (χ1n) is 2.98. The number of rotatable bonds is 2. The molecule has 12 heavy (non-hydrogen) atoms. The molecule has 1 rings (SSSR count). The lowest BCUT2D eigenvalue weighted by Crippen LogP contribution is -2.12. The summed E-state index contributed by atoms with van der Waals surface area (Å²) in [7, 11) is -0.943. The van der Waals surface area contributed by atoms with Crippen LogP contribution in [0, 0.1) is 0 Å². The minimum absolute atomic E-state index is 0.147. The van der Waals surface area contributed by atoms with Crippen molar-refractivity contribution in [2.45, 2.75) is 6.42 Å². The molecule has 1 atom stereocenters. The minimum Gasteiger partial charge on any atom is -0.481 e. The molecule has 0 aromatic rings. The number of carboxylic acids is 1. The van der Waals surface area contributed by atoms with Crippen LogP contribution in [-0.4, -0.2) is 21.5 Å². The molecule has 0 bridgehead atoms. The summed E-state index contributed by atoms with van der Waals surface area (Å²) in [6, 6.07) is 0. The third kappa shape index (κ3) is 1.89. The number of nitrogens with two attached hydrogens (primary N) is 1. The minimum atomic E-state index is -0.985. The highest BCUT2D eigenvalue weighted by atomic mass is 32.2. The molecule has 6 nitrogen and oxygen atoms in total. The standard InChI is InChI=1S/C5H7N3O3S/c6-5-7-3(1-4(9)10)2-12(5)8-11/h2,11H,1H2,(H2,6,7)(H,9,10). The number of aliphatic carboxylic acids is 1. The molecule has 0 aromatic heterocycles. The monoisotopic (exact) mass is 189 g/mol. The molecular weight excluding hydrogens is 182 g/mol. The highest BCUT2D eigenvalue weighted by Gasteiger charge is 2.13. The van der Waals surface area contributed by atoms with E-state index in [4.69, 9.17) is 16.0 Å². The highest BCUT2D eigenvalue weighted by Crippen LogP contribution is 2.13. The van der Waals surface area contributed by atoms with Crippen LogP contribution in [-0.2, 0) is 15.5 Å². The third-order valence-electron chi connectivity index (χ3n) is 1.14. The SMILES string of the molecule is NC1=NC(CC(=O)O)=CS1=NO. The Morgan fingerprint density at radius 1 is 1.83 bits per heavy atom. The van der Waals surface area contributed by atoms with Gasteiger partial charge < -0.3 is 10.8 Å². The van der Waals surface area contributed by atoms with Crippen LogP contribution in [0.5, 0.6) is 0 Å². The Kier molecular flexibility index (Phi) is 2.56. The number of aliphatic imine (C=N–C) groups is 1. The molecule has 4 N–H and O–H groups in total. The number of carboxylic acid groups (broad SMARTS) is 1. The van der Waals surface area contributed by atoms with Crippen LogP contribution in [0.1, 0.15) is 6.42 Å². The van der Waals surface area contributed by atoms with Gasteiger partial charge >= 0.3 is 5.97 Å². The molecular formula is C5H7N3O3S. The van der Waals surface area contributed by atoms with Gasteiger partial charge in [-0.1, -0.05) is 0 Å². The van der Waals surface area contributed by atoms with Gasteiger partial charge in [0.2, 0.25) is 0 Å². The van der Waals surface area contributed by atoms with Crippen molar-refractivity contribution in [2.75, 3.05) is 0 Å². The largest absolute Gasteiger partial charge is 0.481 e. The van der Waals surface area contributed by atoms with Gasteiger partial charge in [0.25, 0.3) is 0 Å². The summed E-state index contributed by atoms with van der Waals surface area (Å²) in [5, 5.41) is 18.3. The summed E-state index contributed by atoms with van der Waals surface area (Å²) >= 11 is 0. The van der Waals surface area contributed by atoms with E-state index in [-0.39, 0.29) is 11.6 Å². The summed E-state index contributed by atoms with van der Waals surface area (Å²) in [6.45, 7) is 0. The second kappa shape index (κ2) is 3.46. The van der Waals surface area contributed by atoms with E-state index >= 15 is 0 Å². The Balaban J connectivity index is 2.78. The van der Waals surface area contributed by atoms with Crippen molar-refractivity contribution < 1.29 is 15.1 Å². The number of nitrogens with zero attached hydrogens (tertiary/aromatic N) is 2. The van der Waals surface area contributed by atoms with Crippen molar-refractivity contribution in [3.05, 3.63) is 11.1 Å². The molecule has 0 amide bonds. The molecule has 7 heteroatoms. The van der Waals surface area contributed by atoms with E-state index in [1.807, 2.05) is 0 Å². The van der Waals surface area contributed by atoms with E-state index in [0.717, 1.165) is 0 Å². The van der Waals surface area contributed by atoms with Gasteiger partial charge in [0, 0.05) is 16.1 Å². The third-order valence-corrected chi connectivity index (χ3v) is 2.33. The lowest BCUT2D eigenvalue weighted by atomic mass is 10.3. The quantitative estimate of drug-likeness (QED) is 0.523. The topological polar surface area (TPSA) is 108 Å². The first-order chi connectivity index (χ1) is 5.63. The maximum Gasteiger partial charge on any atom is 0.309 e. The van der Waals surface area contributed by atoms with E-state index in [9.17, 15) is 4.79 Å². The van der Waals surface area contributed by atoms with Crippen molar-refractivity contribution in [1.29, 1.82) is 0 Å². The Morgan fingerprint density at radius 2 is 2.50 bits per heavy atom. The van der Waals surface area contributed by atoms with Gasteiger partial charge in [-0.3, -0.25) is 10.0 Å². The Labute approximate surface area is 70.5 Å². The Bertz CT molecular complexity index is 307. The van der Waals surface area contributed by atoms with Crippen molar-refractivity contribution in [3.63, 3.8) is 0 Å². The first-order valence-corrected chi connectivity index (χ1v) is 4.23. The lowest BCUT2D eigenvalue weighted by Gasteiger charge is -1.88. The summed E-state index contributed by atoms with van der Waals surface area (Å²) in [6.07, 6.45) is -0.195. The van der Waals surface area contributed by atoms with Crippen molar-refractivity contribution in [2.24, 2.45) is 15.3 Å². The summed E-state index contributed by atoms with van der Waals surface area (Å²) in [4.78, 5) is 13.9. The fraction of sp³-hybridized carbons (Fsp3) is 0.200. The molecule has 1 aliphatic rings. The zero-order valence-electron chi connectivity index (χ0n) is 5.97. The van der Waals surface area contributed by atoms with Crippen LogP contribution >= 0.6 is 0 Å². The van der Waals surface area contributed by atoms with Gasteiger partial charge in [-0.05, 0) is 0 Å². The van der Waals surface area contributed by atoms with Crippen molar-refractivity contribution in [1.82, 2.24) is 0 Å². The van der Waals surface area contributed by atoms with Crippen LogP contribution in [0.3, 0.4) is 0 Å². The van der Waals surface area contributed by atoms with Crippen LogP contribution < -0.4 is 5.73 Å². The molecule has 0 fully saturated rings. The maximum atomic E-state index is 10.2. The fourth-order valence-corrected chi connectivity index (χ4v) is 1.56. The second-order valence-electron chi connectivity index (χ2n) is 2.03. The number of carbonyl (C=O) groups is 1. The number of amidine groups is 1. The molecule has 1 unspecified atom stereocenters. The fourth-order valence-electron chi connectivity index (χ4n) is 0.705. The smallest absolute Gasteiger partial charge is 0.309 e. The zero-order valence-corrected chi connectivity index (χ0v) is 6.78. The van der Waals surface area contributed by atoms with Gasteiger partial charge in [-0.2, -0.15) is 0 Å². The molecule has 0 spiro atoms. The predicted octanol–water partition coefficient (Wildman–Crippen LogP) is -0.178. The predicted molar refractivity (Wildman–Crippen MR) is 43.5 cm³/mol. The van der Waals surface area contributed by atoms with Crippen LogP contribution in [0.4, 0.5) is 0 Å². The molecule has 1 aliphatic heterocycles. The maximum absolute atomic E-state index is 10.2. The van der Waals surface area contributed by atoms with E-state index < -0.39 is 16.7 Å². The number of hydrogen-bond acceptors (Lipinski definition) is 4. The summed E-state index contributed by atoms with van der Waals surface area (Å²) in [5.41, 5.74) is 5.65. The average molecular weight is 189 g/mol. The molecule has 0 saturated heterocycles. The molecule has 0 radical (unpaired) electrons. The van der Waals surface area contributed by atoms with Crippen LogP contribution in [0.25, 0.3) is 0 Å². The highest BCUT2D eigenvalue weighted by molar-refractivity contribution is 8.05. The molecule has 0 aromatic carbocycles. The molecule has 0 aliphatic carbocycles. The van der Waals surface area contributed by atoms with E-state index in [2.05, 4.69) is 9.52 Å². The Morgan fingerprint density at radius 3 is 2.92 bits per heavy atom. The molecule has 0 saturated carbocycles. The van der Waals surface area contributed by atoms with Crippen LogP contribution in [0.15, 0.2) is 20.6 Å². The average Bonchev–Trinajstić information content (AvgIpc) is 2.29. The Hall–Kier alpha value is -1.21. The van der Waals surface area contributed by atoms with Crippen molar-refractivity contribution in [3.8, 4) is 0 Å². The van der Waals surface area contributed by atoms with Crippen LogP contribution in [0.2, 0.25) is 0 Å². The number of hydrogen-bond donors (Lipinski definition) is 3. The first kappa shape index (κ1) is 8.88. The van der Waals surface area contributed by atoms with Gasteiger partial charge in [0.1, 0.15) is 0 Å². The van der Waals surface area contributed by atoms with E-state index in [1.54, 1.807) is 0 Å².